The van der Waals surface area contributed by atoms with Crippen molar-refractivity contribution in [2.45, 2.75) is 44.7 Å². The first kappa shape index (κ1) is 26.2. The number of likely N-dealkylation sites (N-methyl/N-ethyl adjacent to an activating group) is 1. The lowest BCUT2D eigenvalue weighted by Gasteiger charge is -2.54. The number of aromatic nitrogens is 1. The molecule has 3 aliphatic heterocycles. The summed E-state index contributed by atoms with van der Waals surface area (Å²) in [5.41, 5.74) is 1.41. The number of hydrogen-bond acceptors (Lipinski definition) is 5. The van der Waals surface area contributed by atoms with Gasteiger partial charge in [-0.05, 0) is 63.6 Å². The van der Waals surface area contributed by atoms with Crippen molar-refractivity contribution in [1.82, 2.24) is 25.4 Å². The molecule has 2 amide bonds. The maximum Gasteiger partial charge on any atom is 0.244 e. The van der Waals surface area contributed by atoms with Crippen LogP contribution in [0.3, 0.4) is 0 Å². The number of hydrogen-bond donors (Lipinski definition) is 2. The predicted molar refractivity (Wildman–Crippen MR) is 145 cm³/mol. The van der Waals surface area contributed by atoms with Crippen molar-refractivity contribution < 1.29 is 18.4 Å². The van der Waals surface area contributed by atoms with Crippen LogP contribution < -0.4 is 10.6 Å². The zero-order chi connectivity index (χ0) is 28.4. The summed E-state index contributed by atoms with van der Waals surface area (Å²) in [5, 5.41) is 6.22. The molecule has 6 rings (SSSR count). The third-order valence-electron chi connectivity index (χ3n) is 8.98. The topological polar surface area (TPSA) is 77.6 Å². The first-order valence-corrected chi connectivity index (χ1v) is 13.4. The number of carbonyl (C=O) groups is 2. The van der Waals surface area contributed by atoms with Gasteiger partial charge in [-0.1, -0.05) is 24.0 Å². The van der Waals surface area contributed by atoms with E-state index in [2.05, 4.69) is 27.5 Å². The summed E-state index contributed by atoms with van der Waals surface area (Å²) >= 11 is 0. The lowest BCUT2D eigenvalue weighted by atomic mass is 9.78. The van der Waals surface area contributed by atoms with Crippen molar-refractivity contribution in [1.29, 1.82) is 0 Å². The summed E-state index contributed by atoms with van der Waals surface area (Å²) in [5.74, 6) is 5.44. The van der Waals surface area contributed by atoms with E-state index in [-0.39, 0.29) is 18.4 Å². The maximum atomic E-state index is 14.2. The molecule has 2 aromatic rings. The Bertz CT molecular complexity index is 1570. The molecule has 2 N–H and O–H groups in total. The van der Waals surface area contributed by atoms with Crippen LogP contribution >= 0.6 is 0 Å². The molecule has 40 heavy (non-hydrogen) atoms. The van der Waals surface area contributed by atoms with Gasteiger partial charge in [-0.25, -0.2) is 8.78 Å². The standard InChI is InChI=1S/C31H31F2N5O2/c1-29(2)28(40)38(30(3,18-37(29)4)21-12-22(32)14-23(33)13-21)10-6-7-19-11-20-15-31(16-25(20)35-17-19)24-8-5-9-34-26(24)36-27(31)39/h5,8,11-14,17,34H,9-10,15-16,18H2,1-4H3,(H,36,39)/t30-,31-/m0/s1. The molecule has 9 heteroatoms. The van der Waals surface area contributed by atoms with Gasteiger partial charge < -0.3 is 15.5 Å². The van der Waals surface area contributed by atoms with Gasteiger partial charge in [0.25, 0.3) is 0 Å². The van der Waals surface area contributed by atoms with E-state index in [1.165, 1.54) is 12.1 Å². The van der Waals surface area contributed by atoms with E-state index >= 15 is 0 Å². The molecule has 4 heterocycles. The van der Waals surface area contributed by atoms with E-state index < -0.39 is 28.1 Å². The highest BCUT2D eigenvalue weighted by Gasteiger charge is 2.53. The Labute approximate surface area is 232 Å². The number of allylic oxidation sites excluding steroid dienone is 1. The Morgan fingerprint density at radius 3 is 2.58 bits per heavy atom. The van der Waals surface area contributed by atoms with Crippen LogP contribution in [0.5, 0.6) is 0 Å². The number of benzene rings is 1. The number of halogens is 2. The van der Waals surface area contributed by atoms with Crippen LogP contribution in [0.1, 0.15) is 43.2 Å². The van der Waals surface area contributed by atoms with Crippen molar-refractivity contribution in [3.05, 3.63) is 88.0 Å². The van der Waals surface area contributed by atoms with Gasteiger partial charge in [-0.2, -0.15) is 0 Å². The molecule has 0 bridgehead atoms. The number of nitrogens with zero attached hydrogens (tertiary/aromatic N) is 3. The Hall–Kier alpha value is -4.03. The minimum atomic E-state index is -0.996. The number of pyridine rings is 1. The number of piperazine rings is 1. The second-order valence-electron chi connectivity index (χ2n) is 11.8. The zero-order valence-corrected chi connectivity index (χ0v) is 23.0. The summed E-state index contributed by atoms with van der Waals surface area (Å²) in [6.07, 6.45) is 6.79. The SMILES string of the molecule is CN1C[C@@](C)(c2cc(F)cc(F)c2)N(CC#Cc2cnc3c(c2)C[C@@]2(C3)C(=O)NC3=C2C=CCN3)C(=O)C1(C)C. The molecule has 0 radical (unpaired) electrons. The van der Waals surface area contributed by atoms with Gasteiger partial charge in [-0.15, -0.1) is 0 Å². The molecule has 1 aromatic heterocycles. The van der Waals surface area contributed by atoms with Crippen molar-refractivity contribution in [3.63, 3.8) is 0 Å². The van der Waals surface area contributed by atoms with E-state index in [1.807, 2.05) is 50.9 Å². The number of nitrogens with one attached hydrogen (secondary N) is 2. The maximum absolute atomic E-state index is 14.2. The average Bonchev–Trinajstić information content (AvgIpc) is 3.41. The van der Waals surface area contributed by atoms with Gasteiger partial charge in [0.2, 0.25) is 11.8 Å². The van der Waals surface area contributed by atoms with Crippen molar-refractivity contribution in [2.24, 2.45) is 5.41 Å². The van der Waals surface area contributed by atoms with Gasteiger partial charge in [-0.3, -0.25) is 19.5 Å². The molecule has 0 saturated carbocycles. The highest BCUT2D eigenvalue weighted by Crippen LogP contribution is 2.47. The third kappa shape index (κ3) is 3.93. The van der Waals surface area contributed by atoms with E-state index in [4.69, 9.17) is 0 Å². The fraction of sp³-hybridized carbons (Fsp3) is 0.387. The number of rotatable bonds is 2. The van der Waals surface area contributed by atoms with Crippen LogP contribution in [0, 0.1) is 28.9 Å². The second-order valence-corrected chi connectivity index (χ2v) is 11.8. The highest BCUT2D eigenvalue weighted by molar-refractivity contribution is 5.93. The zero-order valence-electron chi connectivity index (χ0n) is 23.0. The summed E-state index contributed by atoms with van der Waals surface area (Å²) < 4.78 is 28.4. The van der Waals surface area contributed by atoms with E-state index in [0.29, 0.717) is 37.1 Å². The monoisotopic (exact) mass is 543 g/mol. The Morgan fingerprint density at radius 1 is 1.07 bits per heavy atom. The summed E-state index contributed by atoms with van der Waals surface area (Å²) in [7, 11) is 1.83. The minimum Gasteiger partial charge on any atom is -0.368 e. The first-order valence-electron chi connectivity index (χ1n) is 13.4. The molecule has 1 saturated heterocycles. The molecule has 1 aromatic carbocycles. The number of carbonyl (C=O) groups excluding carboxylic acids is 2. The second kappa shape index (κ2) is 9.00. The lowest BCUT2D eigenvalue weighted by Crippen LogP contribution is -2.69. The van der Waals surface area contributed by atoms with Crippen molar-refractivity contribution >= 4 is 11.8 Å². The van der Waals surface area contributed by atoms with E-state index in [9.17, 15) is 18.4 Å². The van der Waals surface area contributed by atoms with Crippen molar-refractivity contribution in [2.75, 3.05) is 26.7 Å². The van der Waals surface area contributed by atoms with Gasteiger partial charge in [0.05, 0.1) is 23.0 Å². The Balaban J connectivity index is 1.28. The molecule has 4 aliphatic rings. The quantitative estimate of drug-likeness (QED) is 0.570. The summed E-state index contributed by atoms with van der Waals surface area (Å²) in [6.45, 7) is 6.61. The van der Waals surface area contributed by atoms with E-state index in [0.717, 1.165) is 28.7 Å². The average molecular weight is 544 g/mol. The summed E-state index contributed by atoms with van der Waals surface area (Å²) in [6, 6.07) is 5.35. The number of amides is 2. The van der Waals surface area contributed by atoms with Crippen LogP contribution in [-0.2, 0) is 28.0 Å². The third-order valence-corrected chi connectivity index (χ3v) is 8.98. The molecule has 1 aliphatic carbocycles. The first-order chi connectivity index (χ1) is 18.9. The van der Waals surface area contributed by atoms with Crippen molar-refractivity contribution in [3.8, 4) is 11.8 Å². The molecule has 1 spiro atoms. The minimum absolute atomic E-state index is 0.0218. The summed E-state index contributed by atoms with van der Waals surface area (Å²) in [4.78, 5) is 34.8. The molecule has 1 fully saturated rings. The lowest BCUT2D eigenvalue weighted by molar-refractivity contribution is -0.159. The van der Waals surface area contributed by atoms with Crippen LogP contribution in [0.4, 0.5) is 8.78 Å². The van der Waals surface area contributed by atoms with Gasteiger partial charge in [0.15, 0.2) is 0 Å². The normalized spacial score (nSPS) is 26.8. The van der Waals surface area contributed by atoms with Gasteiger partial charge in [0, 0.05) is 48.6 Å². The van der Waals surface area contributed by atoms with E-state index in [1.54, 1.807) is 11.1 Å². The van der Waals surface area contributed by atoms with Gasteiger partial charge in [0.1, 0.15) is 17.5 Å². The highest BCUT2D eigenvalue weighted by atomic mass is 19.1. The Kier molecular flexibility index (Phi) is 5.89. The molecule has 206 valence electrons. The fourth-order valence-electron chi connectivity index (χ4n) is 6.37. The molecule has 7 nitrogen and oxygen atoms in total. The largest absolute Gasteiger partial charge is 0.368 e. The van der Waals surface area contributed by atoms with Crippen LogP contribution in [0.2, 0.25) is 0 Å². The fourth-order valence-corrected chi connectivity index (χ4v) is 6.37. The number of dihydropyridines is 1. The molecule has 0 unspecified atom stereocenters. The molecular formula is C31H31F2N5O2. The van der Waals surface area contributed by atoms with Gasteiger partial charge >= 0.3 is 0 Å². The smallest absolute Gasteiger partial charge is 0.244 e. The van der Waals surface area contributed by atoms with Crippen LogP contribution in [0.25, 0.3) is 0 Å². The molecular weight excluding hydrogens is 512 g/mol. The number of fused-ring (bicyclic) bond motifs is 2. The Morgan fingerprint density at radius 2 is 1.82 bits per heavy atom. The van der Waals surface area contributed by atoms with Crippen LogP contribution in [0.15, 0.2) is 54.0 Å². The molecule has 2 atom stereocenters. The van der Waals surface area contributed by atoms with Crippen LogP contribution in [-0.4, -0.2) is 58.8 Å². The predicted octanol–water partition coefficient (Wildman–Crippen LogP) is 2.77.